The summed E-state index contributed by atoms with van der Waals surface area (Å²) in [6.07, 6.45) is 0. The monoisotopic (exact) mass is 368 g/mol. The average molecular weight is 367 g/mol. The molecule has 0 radical (unpaired) electrons. The summed E-state index contributed by atoms with van der Waals surface area (Å²) in [5, 5.41) is 86.0. The first-order valence-electron chi connectivity index (χ1n) is 5.72. The van der Waals surface area contributed by atoms with Crippen LogP contribution >= 0.6 is 0 Å². The summed E-state index contributed by atoms with van der Waals surface area (Å²) in [5.41, 5.74) is 0. The minimum atomic E-state index is -2.17. The first-order valence-corrected chi connectivity index (χ1v) is 5.72. The van der Waals surface area contributed by atoms with E-state index in [4.69, 9.17) is 60.3 Å². The molecule has 19 heteroatoms. The molecule has 0 aliphatic heterocycles. The van der Waals surface area contributed by atoms with Gasteiger partial charge in [-0.2, -0.15) is 0 Å². The summed E-state index contributed by atoms with van der Waals surface area (Å²) >= 11 is 1.53. The van der Waals surface area contributed by atoms with Crippen LogP contribution in [0.4, 0.5) is 8.78 Å². The number of halogens is 2. The third-order valence-electron chi connectivity index (χ3n) is 1.14. The maximum absolute atomic E-state index is 12.4. The van der Waals surface area contributed by atoms with Crippen LogP contribution in [0.3, 0.4) is 0 Å². The molecule has 1 aromatic carbocycles. The Morgan fingerprint density at radius 3 is 1.00 bits per heavy atom. The van der Waals surface area contributed by atoms with Crippen LogP contribution < -0.4 is 4.24 Å². The van der Waals surface area contributed by atoms with Crippen LogP contribution in [-0.4, -0.2) is 107 Å². The Labute approximate surface area is 150 Å². The fourth-order valence-corrected chi connectivity index (χ4v) is 0.612. The number of hydrogen-bond donors (Lipinski definition) is 12. The van der Waals surface area contributed by atoms with E-state index >= 15 is 0 Å². The zero-order valence-corrected chi connectivity index (χ0v) is 12.7. The number of hydrogen-bond acceptors (Lipinski definition) is 12. The van der Waals surface area contributed by atoms with Gasteiger partial charge in [0.15, 0.2) is 0 Å². The van der Waals surface area contributed by atoms with Crippen LogP contribution in [-0.2, 0) is 0 Å². The van der Waals surface area contributed by atoms with Gasteiger partial charge in [0.2, 0.25) is 0 Å². The molecule has 0 saturated carbocycles. The molecule has 0 amide bonds. The third kappa shape index (κ3) is 59.6. The van der Waals surface area contributed by atoms with Crippen molar-refractivity contribution in [1.82, 2.24) is 0 Å². The molecule has 12 nitrogen and oxygen atoms in total. The molecule has 0 heterocycles. The van der Waals surface area contributed by atoms with Crippen LogP contribution in [0.15, 0.2) is 18.2 Å². The van der Waals surface area contributed by atoms with Crippen molar-refractivity contribution in [2.24, 2.45) is 0 Å². The molecular weight excluding hydrogens is 352 g/mol. The zero-order valence-electron chi connectivity index (χ0n) is 12.7. The quantitative estimate of drug-likeness (QED) is 0.191. The molecule has 0 bridgehead atoms. The summed E-state index contributed by atoms with van der Waals surface area (Å²) in [7, 11) is -8.67. The van der Waals surface area contributed by atoms with Crippen molar-refractivity contribution in [2.45, 2.75) is 0 Å². The van der Waals surface area contributed by atoms with Crippen molar-refractivity contribution in [3.8, 4) is 0 Å². The van der Waals surface area contributed by atoms with Crippen molar-refractivity contribution in [2.75, 3.05) is 0 Å². The number of benzene rings is 1. The Balaban J connectivity index is -0.000000119. The van der Waals surface area contributed by atoms with E-state index in [2.05, 4.69) is 0 Å². The van der Waals surface area contributed by atoms with Gasteiger partial charge in [0.25, 0.3) is 0 Å². The van der Waals surface area contributed by atoms with Crippen molar-refractivity contribution in [3.63, 3.8) is 0 Å². The van der Waals surface area contributed by atoms with E-state index < -0.39 is 40.9 Å². The van der Waals surface area contributed by atoms with E-state index in [1.54, 1.807) is 0 Å². The first kappa shape index (κ1) is 32.2. The summed E-state index contributed by atoms with van der Waals surface area (Å²) in [6.45, 7) is 0. The molecule has 12 N–H and O–H groups in total. The van der Waals surface area contributed by atoms with Crippen LogP contribution in [0.25, 0.3) is 0 Å². The Bertz CT molecular complexity index is 349. The Morgan fingerprint density at radius 1 is 0.600 bits per heavy atom. The normalized spacial score (nSPS) is 7.84. The van der Waals surface area contributed by atoms with E-state index in [0.717, 1.165) is 6.07 Å². The molecule has 0 unspecified atom stereocenters. The van der Waals surface area contributed by atoms with Crippen LogP contribution in [0, 0.1) is 11.6 Å². The molecule has 138 valence electrons. The molecule has 1 rings (SSSR count). The fraction of sp³-hybridized carbons (Fsp3) is 0. The van der Waals surface area contributed by atoms with E-state index in [1.165, 1.54) is 29.8 Å². The molecule has 25 heavy (non-hydrogen) atoms. The summed E-state index contributed by atoms with van der Waals surface area (Å²) in [6, 6.07) is 4.11. The summed E-state index contributed by atoms with van der Waals surface area (Å²) in [5.74, 6) is -1.53. The zero-order chi connectivity index (χ0) is 21.2. The van der Waals surface area contributed by atoms with Gasteiger partial charge in [0.1, 0.15) is 0 Å². The van der Waals surface area contributed by atoms with Crippen LogP contribution in [0.1, 0.15) is 0 Å². The number of rotatable bonds is 0. The molecule has 0 aliphatic rings. The molecule has 0 fully saturated rings. The first-order chi connectivity index (χ1) is 11.1. The van der Waals surface area contributed by atoms with E-state index in [-0.39, 0.29) is 0 Å². The van der Waals surface area contributed by atoms with Gasteiger partial charge in [-0.25, -0.2) is 0 Å². The topological polar surface area (TPSA) is 243 Å². The van der Waals surface area contributed by atoms with E-state index in [9.17, 15) is 8.78 Å². The van der Waals surface area contributed by atoms with Crippen molar-refractivity contribution < 1.29 is 69.1 Å². The van der Waals surface area contributed by atoms with Crippen LogP contribution in [0.5, 0.6) is 0 Å². The summed E-state index contributed by atoms with van der Waals surface area (Å²) in [4.78, 5) is 0. The standard InChI is InChI=1S/C6H3F2.4BH3O3.Li/c7-5-3-1-2-4-6(5)8;4*2-1(3)4;/h1-3H;4*2-4H;. The molecule has 0 aliphatic carbocycles. The fourth-order valence-electron chi connectivity index (χ4n) is 0.612. The Hall–Kier alpha value is -0.543. The molecule has 0 atom stereocenters. The van der Waals surface area contributed by atoms with E-state index in [1.807, 2.05) is 0 Å². The molecular formula is C6H15B4F2LiO12. The van der Waals surface area contributed by atoms with Gasteiger partial charge >= 0.3 is 89.9 Å². The van der Waals surface area contributed by atoms with Gasteiger partial charge in [0.05, 0.1) is 0 Å². The Morgan fingerprint density at radius 2 is 0.840 bits per heavy atom. The SMILES string of the molecule is OB(O)O.OB(O)O.OB(O)O.OB(O)O.[Li][c]1cccc(F)c1F. The van der Waals surface area contributed by atoms with Gasteiger partial charge in [-0.3, -0.25) is 0 Å². The minimum absolute atomic E-state index is 0.343. The second-order valence-electron chi connectivity index (χ2n) is 3.26. The maximum atomic E-state index is 12.4. The predicted molar refractivity (Wildman–Crippen MR) is 81.4 cm³/mol. The van der Waals surface area contributed by atoms with E-state index in [0.29, 0.717) is 4.24 Å². The second-order valence-corrected chi connectivity index (χ2v) is 3.26. The summed E-state index contributed by atoms with van der Waals surface area (Å²) < 4.78 is 24.9. The Kier molecular flexibility index (Phi) is 27.7. The third-order valence-corrected chi connectivity index (χ3v) is 1.14. The van der Waals surface area contributed by atoms with Gasteiger partial charge in [-0.05, 0) is 0 Å². The van der Waals surface area contributed by atoms with Crippen LogP contribution in [0.2, 0.25) is 0 Å². The molecule has 0 saturated heterocycles. The van der Waals surface area contributed by atoms with Crippen molar-refractivity contribution in [3.05, 3.63) is 29.8 Å². The molecule has 0 spiro atoms. The van der Waals surface area contributed by atoms with Gasteiger partial charge in [-0.1, -0.05) is 0 Å². The van der Waals surface area contributed by atoms with Gasteiger partial charge < -0.3 is 60.3 Å². The van der Waals surface area contributed by atoms with Gasteiger partial charge in [-0.15, -0.1) is 0 Å². The molecule has 1 aromatic rings. The van der Waals surface area contributed by atoms with Crippen molar-refractivity contribution >= 4 is 51.2 Å². The predicted octanol–water partition coefficient (Wildman–Crippen LogP) is -7.45. The second kappa shape index (κ2) is 21.5. The average Bonchev–Trinajstić information content (AvgIpc) is 2.33. The van der Waals surface area contributed by atoms with Crippen molar-refractivity contribution in [1.29, 1.82) is 0 Å². The molecule has 0 aromatic heterocycles. The van der Waals surface area contributed by atoms with Gasteiger partial charge in [0, 0.05) is 0 Å².